The summed E-state index contributed by atoms with van der Waals surface area (Å²) < 4.78 is 12.9. The van der Waals surface area contributed by atoms with Crippen molar-refractivity contribution in [3.05, 3.63) is 34.1 Å². The molecule has 0 radical (unpaired) electrons. The molecule has 0 atom stereocenters. The molecule has 0 fully saturated rings. The zero-order valence-electron chi connectivity index (χ0n) is 5.84. The molecule has 2 nitrogen and oxygen atoms in total. The van der Waals surface area contributed by atoms with Crippen LogP contribution in [0, 0.1) is 17.1 Å². The quantitative estimate of drug-likeness (QED) is 0.626. The third kappa shape index (κ3) is 1.29. The predicted octanol–water partition coefficient (Wildman–Crippen LogP) is 2.16. The van der Waals surface area contributed by atoms with Crippen molar-refractivity contribution >= 4 is 17.9 Å². The van der Waals surface area contributed by atoms with E-state index in [0.717, 1.165) is 0 Å². The van der Waals surface area contributed by atoms with E-state index < -0.39 is 5.82 Å². The highest BCUT2D eigenvalue weighted by Crippen LogP contribution is 2.19. The maximum absolute atomic E-state index is 12.9. The third-order valence-corrected chi connectivity index (χ3v) is 1.66. The van der Waals surface area contributed by atoms with Gasteiger partial charge in [-0.05, 0) is 12.1 Å². The molecule has 12 heavy (non-hydrogen) atoms. The van der Waals surface area contributed by atoms with Crippen LogP contribution in [0.5, 0.6) is 0 Å². The monoisotopic (exact) mass is 183 g/mol. The SMILES string of the molecule is N#Cc1ccc(Cl)c(F)c1C=O. The van der Waals surface area contributed by atoms with E-state index in [1.54, 1.807) is 6.07 Å². The van der Waals surface area contributed by atoms with Crippen LogP contribution >= 0.6 is 11.6 Å². The number of nitriles is 1. The Morgan fingerprint density at radius 1 is 1.58 bits per heavy atom. The van der Waals surface area contributed by atoms with E-state index in [1.165, 1.54) is 12.1 Å². The van der Waals surface area contributed by atoms with Gasteiger partial charge < -0.3 is 0 Å². The van der Waals surface area contributed by atoms with Gasteiger partial charge in [0.15, 0.2) is 12.1 Å². The van der Waals surface area contributed by atoms with E-state index in [2.05, 4.69) is 0 Å². The summed E-state index contributed by atoms with van der Waals surface area (Å²) in [6.07, 6.45) is 0.278. The molecule has 0 amide bonds. The molecule has 60 valence electrons. The van der Waals surface area contributed by atoms with E-state index in [-0.39, 0.29) is 22.4 Å². The number of nitrogens with zero attached hydrogens (tertiary/aromatic N) is 1. The minimum Gasteiger partial charge on any atom is -0.298 e. The molecule has 4 heteroatoms. The molecule has 0 N–H and O–H groups in total. The molecule has 0 aromatic heterocycles. The predicted molar refractivity (Wildman–Crippen MR) is 41.5 cm³/mol. The molecule has 0 aliphatic carbocycles. The van der Waals surface area contributed by atoms with Crippen LogP contribution in [0.4, 0.5) is 4.39 Å². The fourth-order valence-corrected chi connectivity index (χ4v) is 0.944. The van der Waals surface area contributed by atoms with Gasteiger partial charge in [0.2, 0.25) is 0 Å². The maximum atomic E-state index is 12.9. The van der Waals surface area contributed by atoms with E-state index in [4.69, 9.17) is 16.9 Å². The number of hydrogen-bond donors (Lipinski definition) is 0. The molecule has 0 bridgehead atoms. The van der Waals surface area contributed by atoms with Crippen LogP contribution in [-0.2, 0) is 0 Å². The number of aldehydes is 1. The first-order valence-corrected chi connectivity index (χ1v) is 3.41. The van der Waals surface area contributed by atoms with Gasteiger partial charge in [-0.15, -0.1) is 0 Å². The van der Waals surface area contributed by atoms with Crippen molar-refractivity contribution in [3.8, 4) is 6.07 Å². The first kappa shape index (κ1) is 8.69. The van der Waals surface area contributed by atoms with Crippen molar-refractivity contribution in [2.45, 2.75) is 0 Å². The summed E-state index contributed by atoms with van der Waals surface area (Å²) in [4.78, 5) is 10.3. The van der Waals surface area contributed by atoms with Gasteiger partial charge in [0.25, 0.3) is 0 Å². The van der Waals surface area contributed by atoms with Crippen molar-refractivity contribution in [2.75, 3.05) is 0 Å². The molecule has 0 aliphatic rings. The van der Waals surface area contributed by atoms with Gasteiger partial charge in [-0.25, -0.2) is 4.39 Å². The van der Waals surface area contributed by atoms with Crippen LogP contribution in [0.25, 0.3) is 0 Å². The summed E-state index contributed by atoms with van der Waals surface area (Å²) >= 11 is 5.38. The van der Waals surface area contributed by atoms with Gasteiger partial charge >= 0.3 is 0 Å². The number of carbonyl (C=O) groups excluding carboxylic acids is 1. The Bertz CT molecular complexity index is 370. The highest BCUT2D eigenvalue weighted by atomic mass is 35.5. The lowest BCUT2D eigenvalue weighted by atomic mass is 10.1. The second-order valence-corrected chi connectivity index (χ2v) is 2.46. The van der Waals surface area contributed by atoms with Gasteiger partial charge in [0.1, 0.15) is 0 Å². The van der Waals surface area contributed by atoms with Crippen LogP contribution in [0.1, 0.15) is 15.9 Å². The van der Waals surface area contributed by atoms with E-state index in [9.17, 15) is 9.18 Å². The summed E-state index contributed by atoms with van der Waals surface area (Å²) in [6.45, 7) is 0. The van der Waals surface area contributed by atoms with Gasteiger partial charge in [-0.1, -0.05) is 11.6 Å². The molecule has 1 aromatic rings. The summed E-state index contributed by atoms with van der Waals surface area (Å²) in [6, 6.07) is 4.22. The van der Waals surface area contributed by atoms with Crippen molar-refractivity contribution < 1.29 is 9.18 Å². The Hall–Kier alpha value is -1.40. The maximum Gasteiger partial charge on any atom is 0.154 e. The van der Waals surface area contributed by atoms with Crippen molar-refractivity contribution in [1.82, 2.24) is 0 Å². The highest BCUT2D eigenvalue weighted by Gasteiger charge is 2.10. The van der Waals surface area contributed by atoms with Gasteiger partial charge in [-0.2, -0.15) is 5.26 Å². The Kier molecular flexibility index (Phi) is 2.41. The molecule has 0 heterocycles. The zero-order chi connectivity index (χ0) is 9.14. The molecule has 0 spiro atoms. The number of benzene rings is 1. The van der Waals surface area contributed by atoms with Crippen molar-refractivity contribution in [1.29, 1.82) is 5.26 Å². The largest absolute Gasteiger partial charge is 0.298 e. The summed E-state index contributed by atoms with van der Waals surface area (Å²) in [5.41, 5.74) is -0.295. The smallest absolute Gasteiger partial charge is 0.154 e. The fraction of sp³-hybridized carbons (Fsp3) is 0. The first-order chi connectivity index (χ1) is 5.70. The Morgan fingerprint density at radius 2 is 2.25 bits per heavy atom. The van der Waals surface area contributed by atoms with Gasteiger partial charge in [0, 0.05) is 0 Å². The second-order valence-electron chi connectivity index (χ2n) is 2.05. The molecular weight excluding hydrogens is 181 g/mol. The third-order valence-electron chi connectivity index (χ3n) is 1.37. The van der Waals surface area contributed by atoms with Crippen LogP contribution in [0.15, 0.2) is 12.1 Å². The van der Waals surface area contributed by atoms with Crippen LogP contribution < -0.4 is 0 Å². The van der Waals surface area contributed by atoms with Gasteiger partial charge in [-0.3, -0.25) is 4.79 Å². The first-order valence-electron chi connectivity index (χ1n) is 3.04. The second kappa shape index (κ2) is 3.33. The van der Waals surface area contributed by atoms with Crippen LogP contribution in [0.2, 0.25) is 5.02 Å². The Morgan fingerprint density at radius 3 is 2.75 bits per heavy atom. The normalized spacial score (nSPS) is 9.08. The Labute approximate surface area is 73.2 Å². The summed E-state index contributed by atoms with van der Waals surface area (Å²) in [7, 11) is 0. The zero-order valence-corrected chi connectivity index (χ0v) is 6.60. The van der Waals surface area contributed by atoms with E-state index in [1.807, 2.05) is 0 Å². The average Bonchev–Trinajstić information content (AvgIpc) is 2.09. The molecule has 0 saturated heterocycles. The lowest BCUT2D eigenvalue weighted by Gasteiger charge is -1.98. The molecular formula is C8H3ClFNO. The number of rotatable bonds is 1. The average molecular weight is 184 g/mol. The molecule has 0 unspecified atom stereocenters. The standard InChI is InChI=1S/C8H3ClFNO/c9-7-2-1-5(3-11)6(4-12)8(7)10/h1-2,4H. The lowest BCUT2D eigenvalue weighted by Crippen LogP contribution is -1.93. The minimum absolute atomic E-state index is 0.00750. The van der Waals surface area contributed by atoms with Crippen LogP contribution in [0.3, 0.4) is 0 Å². The van der Waals surface area contributed by atoms with E-state index >= 15 is 0 Å². The van der Waals surface area contributed by atoms with Crippen molar-refractivity contribution in [2.24, 2.45) is 0 Å². The Balaban J connectivity index is 3.48. The molecule has 0 saturated carbocycles. The fourth-order valence-electron chi connectivity index (χ4n) is 0.779. The van der Waals surface area contributed by atoms with Crippen LogP contribution in [-0.4, -0.2) is 6.29 Å². The highest BCUT2D eigenvalue weighted by molar-refractivity contribution is 6.31. The molecule has 1 aromatic carbocycles. The molecule has 0 aliphatic heterocycles. The lowest BCUT2D eigenvalue weighted by molar-refractivity contribution is 0.111. The van der Waals surface area contributed by atoms with Crippen molar-refractivity contribution in [3.63, 3.8) is 0 Å². The minimum atomic E-state index is -0.842. The number of carbonyl (C=O) groups is 1. The topological polar surface area (TPSA) is 40.9 Å². The summed E-state index contributed by atoms with van der Waals surface area (Å²) in [5.74, 6) is -0.842. The molecule has 1 rings (SSSR count). The number of halogens is 2. The van der Waals surface area contributed by atoms with E-state index in [0.29, 0.717) is 0 Å². The number of hydrogen-bond acceptors (Lipinski definition) is 2. The summed E-state index contributed by atoms with van der Waals surface area (Å²) in [5, 5.41) is 8.29. The van der Waals surface area contributed by atoms with Gasteiger partial charge in [0.05, 0.1) is 22.2 Å².